The van der Waals surface area contributed by atoms with Crippen molar-refractivity contribution in [3.05, 3.63) is 36.2 Å². The lowest BCUT2D eigenvalue weighted by molar-refractivity contribution is 0.677. The van der Waals surface area contributed by atoms with E-state index in [0.29, 0.717) is 6.54 Å². The molecule has 2 heterocycles. The fourth-order valence-electron chi connectivity index (χ4n) is 1.37. The number of fused-ring (bicyclic) bond motifs is 1. The first-order chi connectivity index (χ1) is 6.33. The molecule has 1 atom stereocenters. The van der Waals surface area contributed by atoms with E-state index in [9.17, 15) is 0 Å². The van der Waals surface area contributed by atoms with Gasteiger partial charge in [0.15, 0.2) is 0 Å². The van der Waals surface area contributed by atoms with E-state index >= 15 is 0 Å². The second-order valence-corrected chi connectivity index (χ2v) is 2.96. The zero-order valence-corrected chi connectivity index (χ0v) is 7.22. The number of nitrogens with zero attached hydrogens (tertiary/aromatic N) is 2. The highest BCUT2D eigenvalue weighted by molar-refractivity contribution is 5.46. The van der Waals surface area contributed by atoms with Crippen molar-refractivity contribution in [2.45, 2.75) is 6.04 Å². The monoisotopic (exact) mass is 176 g/mol. The van der Waals surface area contributed by atoms with Gasteiger partial charge in [-0.05, 0) is 18.2 Å². The summed E-state index contributed by atoms with van der Waals surface area (Å²) in [5, 5.41) is 4.17. The summed E-state index contributed by atoms with van der Waals surface area (Å²) in [5.41, 5.74) is 13.3. The third-order valence-electron chi connectivity index (χ3n) is 2.08. The van der Waals surface area contributed by atoms with Crippen molar-refractivity contribution in [1.29, 1.82) is 0 Å². The molecule has 0 aromatic carbocycles. The average molecular weight is 176 g/mol. The van der Waals surface area contributed by atoms with Gasteiger partial charge in [-0.1, -0.05) is 6.07 Å². The van der Waals surface area contributed by atoms with E-state index in [2.05, 4.69) is 5.10 Å². The van der Waals surface area contributed by atoms with Gasteiger partial charge in [0.05, 0.1) is 17.3 Å². The molecule has 0 saturated carbocycles. The molecular formula is C9H12N4. The maximum Gasteiger partial charge on any atom is 0.0665 e. The van der Waals surface area contributed by atoms with Crippen molar-refractivity contribution >= 4 is 5.52 Å². The number of hydrogen-bond acceptors (Lipinski definition) is 3. The first-order valence-electron chi connectivity index (χ1n) is 4.21. The molecule has 13 heavy (non-hydrogen) atoms. The minimum absolute atomic E-state index is 0.149. The molecule has 2 rings (SSSR count). The van der Waals surface area contributed by atoms with E-state index in [0.717, 1.165) is 11.2 Å². The van der Waals surface area contributed by atoms with Crippen LogP contribution in [0.2, 0.25) is 0 Å². The summed E-state index contributed by atoms with van der Waals surface area (Å²) in [5.74, 6) is 0. The average Bonchev–Trinajstić information content (AvgIpc) is 2.63. The van der Waals surface area contributed by atoms with Gasteiger partial charge in [-0.15, -0.1) is 0 Å². The molecular weight excluding hydrogens is 164 g/mol. The number of nitrogens with two attached hydrogens (primary N) is 2. The van der Waals surface area contributed by atoms with Crippen molar-refractivity contribution in [3.8, 4) is 0 Å². The highest BCUT2D eigenvalue weighted by Crippen LogP contribution is 2.11. The van der Waals surface area contributed by atoms with Gasteiger partial charge >= 0.3 is 0 Å². The van der Waals surface area contributed by atoms with Crippen LogP contribution in [0.4, 0.5) is 0 Å². The van der Waals surface area contributed by atoms with Crippen molar-refractivity contribution in [3.63, 3.8) is 0 Å². The molecule has 0 aliphatic carbocycles. The molecule has 4 heteroatoms. The smallest absolute Gasteiger partial charge is 0.0665 e. The molecule has 4 nitrogen and oxygen atoms in total. The highest BCUT2D eigenvalue weighted by atomic mass is 15.2. The predicted octanol–water partition coefficient (Wildman–Crippen LogP) is 0.293. The van der Waals surface area contributed by atoms with Crippen LogP contribution >= 0.6 is 0 Å². The quantitative estimate of drug-likeness (QED) is 0.691. The van der Waals surface area contributed by atoms with Crippen LogP contribution in [0.3, 0.4) is 0 Å². The van der Waals surface area contributed by atoms with E-state index in [-0.39, 0.29) is 6.04 Å². The standard InChI is InChI=1S/C9H12N4/c10-6-8(11)9-3-1-2-7-4-5-12-13(7)9/h1-5,8H,6,10-11H2. The minimum atomic E-state index is -0.149. The lowest BCUT2D eigenvalue weighted by atomic mass is 10.2. The largest absolute Gasteiger partial charge is 0.329 e. The molecule has 0 aliphatic heterocycles. The van der Waals surface area contributed by atoms with E-state index in [1.54, 1.807) is 6.20 Å². The Hall–Kier alpha value is -1.39. The lowest BCUT2D eigenvalue weighted by Crippen LogP contribution is -2.23. The SMILES string of the molecule is NCC(N)c1cccc2ccnn12. The van der Waals surface area contributed by atoms with Gasteiger partial charge < -0.3 is 11.5 Å². The van der Waals surface area contributed by atoms with Gasteiger partial charge in [-0.25, -0.2) is 4.52 Å². The topological polar surface area (TPSA) is 69.3 Å². The molecule has 0 saturated heterocycles. The Balaban J connectivity index is 2.60. The van der Waals surface area contributed by atoms with Crippen LogP contribution in [0.5, 0.6) is 0 Å². The Bertz CT molecular complexity index is 407. The maximum atomic E-state index is 5.83. The minimum Gasteiger partial charge on any atom is -0.329 e. The summed E-state index contributed by atoms with van der Waals surface area (Å²) in [6, 6.07) is 7.68. The molecule has 2 aromatic heterocycles. The van der Waals surface area contributed by atoms with E-state index in [1.165, 1.54) is 0 Å². The first-order valence-corrected chi connectivity index (χ1v) is 4.21. The van der Waals surface area contributed by atoms with E-state index < -0.39 is 0 Å². The normalized spacial score (nSPS) is 13.4. The molecule has 4 N–H and O–H groups in total. The molecule has 0 fully saturated rings. The Morgan fingerprint density at radius 1 is 1.38 bits per heavy atom. The molecule has 2 aromatic rings. The lowest BCUT2D eigenvalue weighted by Gasteiger charge is -2.10. The Morgan fingerprint density at radius 3 is 3.00 bits per heavy atom. The van der Waals surface area contributed by atoms with Gasteiger partial charge in [0.25, 0.3) is 0 Å². The summed E-state index contributed by atoms with van der Waals surface area (Å²) < 4.78 is 1.82. The summed E-state index contributed by atoms with van der Waals surface area (Å²) in [4.78, 5) is 0. The van der Waals surface area contributed by atoms with Gasteiger partial charge in [0, 0.05) is 12.7 Å². The third kappa shape index (κ3) is 1.30. The van der Waals surface area contributed by atoms with Gasteiger partial charge in [-0.2, -0.15) is 5.10 Å². The van der Waals surface area contributed by atoms with E-state index in [4.69, 9.17) is 11.5 Å². The Morgan fingerprint density at radius 2 is 2.23 bits per heavy atom. The Kier molecular flexibility index (Phi) is 2.00. The molecule has 0 amide bonds. The van der Waals surface area contributed by atoms with Crippen molar-refractivity contribution in [2.75, 3.05) is 6.54 Å². The summed E-state index contributed by atoms with van der Waals surface area (Å²) in [6.45, 7) is 0.430. The van der Waals surface area contributed by atoms with Crippen molar-refractivity contribution in [1.82, 2.24) is 9.61 Å². The summed E-state index contributed by atoms with van der Waals surface area (Å²) >= 11 is 0. The van der Waals surface area contributed by atoms with Crippen LogP contribution < -0.4 is 11.5 Å². The van der Waals surface area contributed by atoms with Crippen LogP contribution in [0.1, 0.15) is 11.7 Å². The number of hydrogen-bond donors (Lipinski definition) is 2. The summed E-state index contributed by atoms with van der Waals surface area (Å²) in [6.07, 6.45) is 1.75. The molecule has 0 bridgehead atoms. The van der Waals surface area contributed by atoms with Crippen LogP contribution in [0.15, 0.2) is 30.5 Å². The highest BCUT2D eigenvalue weighted by Gasteiger charge is 2.07. The molecule has 1 unspecified atom stereocenters. The predicted molar refractivity (Wildman–Crippen MR) is 51.2 cm³/mol. The third-order valence-corrected chi connectivity index (χ3v) is 2.08. The van der Waals surface area contributed by atoms with Crippen LogP contribution in [0.25, 0.3) is 5.52 Å². The van der Waals surface area contributed by atoms with Gasteiger partial charge in [-0.3, -0.25) is 0 Å². The molecule has 0 spiro atoms. The second kappa shape index (κ2) is 3.16. The van der Waals surface area contributed by atoms with Crippen LogP contribution in [-0.2, 0) is 0 Å². The first kappa shape index (κ1) is 8.22. The number of aromatic nitrogens is 2. The van der Waals surface area contributed by atoms with Crippen LogP contribution in [-0.4, -0.2) is 16.2 Å². The van der Waals surface area contributed by atoms with Gasteiger partial charge in [0.2, 0.25) is 0 Å². The number of pyridine rings is 1. The van der Waals surface area contributed by atoms with Crippen molar-refractivity contribution in [2.24, 2.45) is 11.5 Å². The number of rotatable bonds is 2. The maximum absolute atomic E-state index is 5.83. The zero-order valence-electron chi connectivity index (χ0n) is 7.22. The fourth-order valence-corrected chi connectivity index (χ4v) is 1.37. The second-order valence-electron chi connectivity index (χ2n) is 2.96. The van der Waals surface area contributed by atoms with E-state index in [1.807, 2.05) is 28.8 Å². The fraction of sp³-hybridized carbons (Fsp3) is 0.222. The Labute approximate surface area is 76.1 Å². The molecule has 68 valence electrons. The zero-order chi connectivity index (χ0) is 9.26. The van der Waals surface area contributed by atoms with Gasteiger partial charge in [0.1, 0.15) is 0 Å². The van der Waals surface area contributed by atoms with Crippen molar-refractivity contribution < 1.29 is 0 Å². The molecule has 0 aliphatic rings. The summed E-state index contributed by atoms with van der Waals surface area (Å²) in [7, 11) is 0. The van der Waals surface area contributed by atoms with Crippen LogP contribution in [0, 0.1) is 0 Å². The molecule has 0 radical (unpaired) electrons.